The summed E-state index contributed by atoms with van der Waals surface area (Å²) in [6, 6.07) is 15.2. The van der Waals surface area contributed by atoms with Crippen LogP contribution in [0.2, 0.25) is 0 Å². The summed E-state index contributed by atoms with van der Waals surface area (Å²) in [7, 11) is 1.52. The molecule has 28 heavy (non-hydrogen) atoms. The van der Waals surface area contributed by atoms with E-state index in [1.165, 1.54) is 13.3 Å². The molecule has 3 aromatic rings. The van der Waals surface area contributed by atoms with Crippen molar-refractivity contribution in [1.29, 1.82) is 0 Å². The van der Waals surface area contributed by atoms with E-state index in [1.807, 2.05) is 42.7 Å². The van der Waals surface area contributed by atoms with Crippen molar-refractivity contribution in [3.8, 4) is 11.8 Å². The molecule has 0 aliphatic heterocycles. The molecule has 8 heteroatoms. The molecule has 144 valence electrons. The number of amides is 1. The summed E-state index contributed by atoms with van der Waals surface area (Å²) in [5.41, 5.74) is 7.63. The molecule has 1 heterocycles. The maximum Gasteiger partial charge on any atom is 0.318 e. The summed E-state index contributed by atoms with van der Waals surface area (Å²) < 4.78 is 10.9. The van der Waals surface area contributed by atoms with Gasteiger partial charge in [-0.1, -0.05) is 30.3 Å². The third-order valence-electron chi connectivity index (χ3n) is 3.91. The van der Waals surface area contributed by atoms with Gasteiger partial charge in [-0.3, -0.25) is 4.79 Å². The van der Waals surface area contributed by atoms with Crippen molar-refractivity contribution in [2.24, 2.45) is 0 Å². The zero-order valence-corrected chi connectivity index (χ0v) is 16.3. The average molecular weight is 396 g/mol. The van der Waals surface area contributed by atoms with Crippen molar-refractivity contribution in [2.45, 2.75) is 11.5 Å². The highest BCUT2D eigenvalue weighted by Gasteiger charge is 2.15. The van der Waals surface area contributed by atoms with Gasteiger partial charge in [-0.2, -0.15) is 4.98 Å². The van der Waals surface area contributed by atoms with E-state index < -0.39 is 0 Å². The van der Waals surface area contributed by atoms with Gasteiger partial charge in [-0.25, -0.2) is 4.98 Å². The lowest BCUT2D eigenvalue weighted by Gasteiger charge is -2.12. The first-order valence-electron chi connectivity index (χ1n) is 8.43. The van der Waals surface area contributed by atoms with E-state index in [0.29, 0.717) is 23.6 Å². The minimum Gasteiger partial charge on any atom is -0.496 e. The molecule has 0 fully saturated rings. The Bertz CT molecular complexity index is 967. The quantitative estimate of drug-likeness (QED) is 0.588. The molecule has 1 aromatic heterocycles. The molecular formula is C20H20N4O3S. The topological polar surface area (TPSA) is 99.4 Å². The summed E-state index contributed by atoms with van der Waals surface area (Å²) >= 11 is 1.56. The number of thioether (sulfide) groups is 1. The number of carbonyl (C=O) groups excluding carboxylic acids is 1. The molecule has 7 nitrogen and oxygen atoms in total. The Hall–Kier alpha value is -3.26. The molecule has 0 radical (unpaired) electrons. The molecule has 3 N–H and O–H groups in total. The van der Waals surface area contributed by atoms with E-state index in [0.717, 1.165) is 10.5 Å². The van der Waals surface area contributed by atoms with E-state index in [4.69, 9.17) is 15.2 Å². The molecule has 3 rings (SSSR count). The van der Waals surface area contributed by atoms with Crippen LogP contribution < -0.4 is 20.5 Å². The first-order chi connectivity index (χ1) is 13.6. The smallest absolute Gasteiger partial charge is 0.318 e. The molecule has 1 amide bonds. The highest BCUT2D eigenvalue weighted by atomic mass is 32.2. The number of nitrogen functional groups attached to an aromatic ring is 1. The second kappa shape index (κ2) is 9.09. The van der Waals surface area contributed by atoms with E-state index in [9.17, 15) is 4.79 Å². The molecule has 0 aliphatic carbocycles. The number of nitrogens with zero attached hydrogens (tertiary/aromatic N) is 2. The number of ether oxygens (including phenoxy) is 2. The van der Waals surface area contributed by atoms with Crippen LogP contribution in [0.4, 0.5) is 11.5 Å². The summed E-state index contributed by atoms with van der Waals surface area (Å²) in [6.45, 7) is 0.324. The van der Waals surface area contributed by atoms with Crippen LogP contribution in [0.1, 0.15) is 15.9 Å². The minimum absolute atomic E-state index is 0.117. The largest absolute Gasteiger partial charge is 0.496 e. The number of benzene rings is 2. The molecule has 0 unspecified atom stereocenters. The lowest BCUT2D eigenvalue weighted by atomic mass is 10.2. The molecule has 0 spiro atoms. The van der Waals surface area contributed by atoms with E-state index >= 15 is 0 Å². The van der Waals surface area contributed by atoms with Crippen LogP contribution in [0.25, 0.3) is 0 Å². The fraction of sp³-hybridized carbons (Fsp3) is 0.150. The molecule has 0 atom stereocenters. The lowest BCUT2D eigenvalue weighted by molar-refractivity contribution is 0.102. The number of hydrogen-bond donors (Lipinski definition) is 2. The molecule has 2 aromatic carbocycles. The predicted octanol–water partition coefficient (Wildman–Crippen LogP) is 3.62. The van der Waals surface area contributed by atoms with Crippen molar-refractivity contribution >= 4 is 29.2 Å². The van der Waals surface area contributed by atoms with Gasteiger partial charge in [0, 0.05) is 4.90 Å². The molecular weight excluding hydrogens is 376 g/mol. The van der Waals surface area contributed by atoms with E-state index in [1.54, 1.807) is 23.9 Å². The number of carbonyl (C=O) groups is 1. The van der Waals surface area contributed by atoms with Gasteiger partial charge < -0.3 is 20.5 Å². The van der Waals surface area contributed by atoms with Crippen LogP contribution in [-0.2, 0) is 6.61 Å². The fourth-order valence-electron chi connectivity index (χ4n) is 2.44. The summed E-state index contributed by atoms with van der Waals surface area (Å²) in [4.78, 5) is 21.8. The van der Waals surface area contributed by atoms with Gasteiger partial charge in [-0.05, 0) is 30.0 Å². The minimum atomic E-state index is -0.363. The Morgan fingerprint density at radius 1 is 1.21 bits per heavy atom. The fourth-order valence-corrected chi connectivity index (χ4v) is 2.87. The Balaban J connectivity index is 1.70. The van der Waals surface area contributed by atoms with E-state index in [2.05, 4.69) is 15.3 Å². The Kier molecular flexibility index (Phi) is 6.33. The number of methoxy groups -OCH3 is 1. The van der Waals surface area contributed by atoms with Crippen molar-refractivity contribution in [2.75, 3.05) is 24.4 Å². The van der Waals surface area contributed by atoms with Crippen LogP contribution in [0.15, 0.2) is 59.6 Å². The van der Waals surface area contributed by atoms with Crippen molar-refractivity contribution in [3.05, 3.63) is 65.9 Å². The van der Waals surface area contributed by atoms with Crippen LogP contribution in [0.5, 0.6) is 11.8 Å². The SMILES string of the molecule is COc1cc(SC)ccc1C(=O)Nc1cnc(OCc2ccccc2)nc1N. The average Bonchev–Trinajstić information content (AvgIpc) is 2.74. The van der Waals surface area contributed by atoms with Crippen molar-refractivity contribution in [1.82, 2.24) is 9.97 Å². The third-order valence-corrected chi connectivity index (χ3v) is 4.63. The number of aromatic nitrogens is 2. The number of anilines is 2. The van der Waals surface area contributed by atoms with Gasteiger partial charge in [0.1, 0.15) is 18.0 Å². The van der Waals surface area contributed by atoms with Crippen LogP contribution in [0.3, 0.4) is 0 Å². The van der Waals surface area contributed by atoms with Crippen LogP contribution >= 0.6 is 11.8 Å². The Morgan fingerprint density at radius 2 is 2.00 bits per heavy atom. The maximum atomic E-state index is 12.6. The van der Waals surface area contributed by atoms with Gasteiger partial charge in [0.05, 0.1) is 18.9 Å². The standard InChI is InChI=1S/C20H20N4O3S/c1-26-17-10-14(28-2)8-9-15(17)19(25)23-16-11-22-20(24-18(16)21)27-12-13-6-4-3-5-7-13/h3-11H,12H2,1-2H3,(H,23,25)(H2,21,22,24). The van der Waals surface area contributed by atoms with Crippen molar-refractivity contribution < 1.29 is 14.3 Å². The Morgan fingerprint density at radius 3 is 2.68 bits per heavy atom. The number of nitrogens with two attached hydrogens (primary N) is 1. The summed E-state index contributed by atoms with van der Waals surface area (Å²) in [5, 5.41) is 2.71. The second-order valence-electron chi connectivity index (χ2n) is 5.75. The first-order valence-corrected chi connectivity index (χ1v) is 9.66. The lowest BCUT2D eigenvalue weighted by Crippen LogP contribution is -2.15. The van der Waals surface area contributed by atoms with Crippen molar-refractivity contribution in [3.63, 3.8) is 0 Å². The van der Waals surface area contributed by atoms with Gasteiger partial charge in [-0.15, -0.1) is 11.8 Å². The van der Waals surface area contributed by atoms with Gasteiger partial charge in [0.15, 0.2) is 5.82 Å². The first kappa shape index (κ1) is 19.5. The highest BCUT2D eigenvalue weighted by molar-refractivity contribution is 7.98. The predicted molar refractivity (Wildman–Crippen MR) is 110 cm³/mol. The number of nitrogens with one attached hydrogen (secondary N) is 1. The zero-order chi connectivity index (χ0) is 19.9. The third kappa shape index (κ3) is 4.72. The van der Waals surface area contributed by atoms with Crippen LogP contribution in [-0.4, -0.2) is 29.2 Å². The Labute approximate surface area is 167 Å². The maximum absolute atomic E-state index is 12.6. The highest BCUT2D eigenvalue weighted by Crippen LogP contribution is 2.27. The number of rotatable bonds is 7. The molecule has 0 bridgehead atoms. The van der Waals surface area contributed by atoms with Gasteiger partial charge >= 0.3 is 6.01 Å². The monoisotopic (exact) mass is 396 g/mol. The number of hydrogen-bond acceptors (Lipinski definition) is 7. The molecule has 0 saturated carbocycles. The van der Waals surface area contributed by atoms with Crippen LogP contribution in [0, 0.1) is 0 Å². The summed E-state index contributed by atoms with van der Waals surface area (Å²) in [6.07, 6.45) is 3.37. The molecule has 0 aliphatic rings. The molecule has 0 saturated heterocycles. The van der Waals surface area contributed by atoms with Gasteiger partial charge in [0.25, 0.3) is 5.91 Å². The second-order valence-corrected chi connectivity index (χ2v) is 6.63. The zero-order valence-electron chi connectivity index (χ0n) is 15.5. The van der Waals surface area contributed by atoms with E-state index in [-0.39, 0.29) is 17.7 Å². The van der Waals surface area contributed by atoms with Gasteiger partial charge in [0.2, 0.25) is 0 Å². The summed E-state index contributed by atoms with van der Waals surface area (Å²) in [5.74, 6) is 0.232. The normalized spacial score (nSPS) is 10.4.